The lowest BCUT2D eigenvalue weighted by Gasteiger charge is -2.18. The number of rotatable bonds is 4. The minimum absolute atomic E-state index is 0.277. The summed E-state index contributed by atoms with van der Waals surface area (Å²) in [5.41, 5.74) is 1.53. The maximum Gasteiger partial charge on any atom is 0.145 e. The van der Waals surface area contributed by atoms with Crippen LogP contribution in [0.25, 0.3) is 0 Å². The molecule has 112 valence electrons. The summed E-state index contributed by atoms with van der Waals surface area (Å²) in [5, 5.41) is 0.384. The standard InChI is InChI=1S/C15H12Br2ClFO2/c1-20-11-7-6-9(15(21-2)14(11)18)12(16)8-4-3-5-10(19)13(8)17/h3-7,12H,1-2H3. The molecule has 0 aromatic heterocycles. The molecule has 0 saturated carbocycles. The van der Waals surface area contributed by atoms with Gasteiger partial charge < -0.3 is 9.47 Å². The fraction of sp³-hybridized carbons (Fsp3) is 0.200. The van der Waals surface area contributed by atoms with Crippen LogP contribution in [-0.4, -0.2) is 14.2 Å². The second kappa shape index (κ2) is 6.99. The monoisotopic (exact) mass is 436 g/mol. The van der Waals surface area contributed by atoms with Gasteiger partial charge in [0, 0.05) is 5.56 Å². The Kier molecular flexibility index (Phi) is 5.52. The Hall–Kier alpha value is -0.780. The molecule has 0 aliphatic carbocycles. The van der Waals surface area contributed by atoms with Gasteiger partial charge in [-0.25, -0.2) is 4.39 Å². The topological polar surface area (TPSA) is 18.5 Å². The highest BCUT2D eigenvalue weighted by Gasteiger charge is 2.22. The van der Waals surface area contributed by atoms with Gasteiger partial charge in [-0.1, -0.05) is 45.7 Å². The summed E-state index contributed by atoms with van der Waals surface area (Å²) < 4.78 is 24.6. The molecule has 6 heteroatoms. The maximum atomic E-state index is 13.7. The predicted octanol–water partition coefficient (Wildman–Crippen LogP) is 5.74. The number of benzene rings is 2. The van der Waals surface area contributed by atoms with Crippen LogP contribution in [0.1, 0.15) is 16.0 Å². The Morgan fingerprint density at radius 1 is 1.10 bits per heavy atom. The zero-order chi connectivity index (χ0) is 15.6. The van der Waals surface area contributed by atoms with Crippen molar-refractivity contribution in [1.29, 1.82) is 0 Å². The molecule has 2 rings (SSSR count). The minimum atomic E-state index is -0.324. The summed E-state index contributed by atoms with van der Waals surface area (Å²) in [6, 6.07) is 8.46. The number of alkyl halides is 1. The number of ether oxygens (including phenoxy) is 2. The molecular weight excluding hydrogens is 426 g/mol. The van der Waals surface area contributed by atoms with E-state index in [0.29, 0.717) is 21.0 Å². The average Bonchev–Trinajstić information content (AvgIpc) is 2.49. The van der Waals surface area contributed by atoms with Crippen molar-refractivity contribution < 1.29 is 13.9 Å². The summed E-state index contributed by atoms with van der Waals surface area (Å²) >= 11 is 13.1. The van der Waals surface area contributed by atoms with Crippen LogP contribution < -0.4 is 9.47 Å². The van der Waals surface area contributed by atoms with Crippen molar-refractivity contribution >= 4 is 43.5 Å². The lowest BCUT2D eigenvalue weighted by molar-refractivity contribution is 0.392. The number of halogens is 4. The molecule has 2 aromatic rings. The van der Waals surface area contributed by atoms with Crippen molar-refractivity contribution in [3.8, 4) is 11.5 Å². The van der Waals surface area contributed by atoms with Gasteiger partial charge in [0.1, 0.15) is 22.3 Å². The van der Waals surface area contributed by atoms with Crippen molar-refractivity contribution in [3.05, 3.63) is 56.8 Å². The van der Waals surface area contributed by atoms with Crippen molar-refractivity contribution in [3.63, 3.8) is 0 Å². The third-order valence-electron chi connectivity index (χ3n) is 3.04. The Balaban J connectivity index is 2.56. The minimum Gasteiger partial charge on any atom is -0.495 e. The van der Waals surface area contributed by atoms with Crippen LogP contribution >= 0.6 is 43.5 Å². The number of methoxy groups -OCH3 is 2. The first-order valence-electron chi connectivity index (χ1n) is 5.99. The van der Waals surface area contributed by atoms with Gasteiger partial charge in [-0.2, -0.15) is 0 Å². The van der Waals surface area contributed by atoms with Crippen LogP contribution in [0.3, 0.4) is 0 Å². The summed E-state index contributed by atoms with van der Waals surface area (Å²) in [7, 11) is 3.07. The molecule has 0 aliphatic rings. The van der Waals surface area contributed by atoms with Crippen molar-refractivity contribution in [2.45, 2.75) is 4.83 Å². The van der Waals surface area contributed by atoms with Crippen LogP contribution in [0.2, 0.25) is 5.02 Å². The van der Waals surface area contributed by atoms with Crippen LogP contribution in [-0.2, 0) is 0 Å². The fourth-order valence-electron chi connectivity index (χ4n) is 2.00. The van der Waals surface area contributed by atoms with Gasteiger partial charge in [-0.05, 0) is 33.6 Å². The molecule has 0 spiro atoms. The molecule has 0 bridgehead atoms. The smallest absolute Gasteiger partial charge is 0.145 e. The van der Waals surface area contributed by atoms with Crippen LogP contribution in [0.4, 0.5) is 4.39 Å². The lowest BCUT2D eigenvalue weighted by atomic mass is 10.0. The summed E-state index contributed by atoms with van der Waals surface area (Å²) in [6.07, 6.45) is 0. The van der Waals surface area contributed by atoms with Gasteiger partial charge in [-0.3, -0.25) is 0 Å². The lowest BCUT2D eigenvalue weighted by Crippen LogP contribution is -2.00. The van der Waals surface area contributed by atoms with E-state index in [1.165, 1.54) is 20.3 Å². The summed E-state index contributed by atoms with van der Waals surface area (Å²) in [5.74, 6) is 0.694. The normalized spacial score (nSPS) is 12.1. The van der Waals surface area contributed by atoms with E-state index in [2.05, 4.69) is 31.9 Å². The molecule has 0 amide bonds. The zero-order valence-corrected chi connectivity index (χ0v) is 15.2. The highest BCUT2D eigenvalue weighted by atomic mass is 79.9. The summed E-state index contributed by atoms with van der Waals surface area (Å²) in [6.45, 7) is 0. The first kappa shape index (κ1) is 16.6. The molecule has 0 saturated heterocycles. The Morgan fingerprint density at radius 2 is 1.81 bits per heavy atom. The highest BCUT2D eigenvalue weighted by molar-refractivity contribution is 9.11. The number of hydrogen-bond donors (Lipinski definition) is 0. The van der Waals surface area contributed by atoms with Crippen LogP contribution in [0.5, 0.6) is 11.5 Å². The molecular formula is C15H12Br2ClFO2. The molecule has 0 N–H and O–H groups in total. The molecule has 0 fully saturated rings. The quantitative estimate of drug-likeness (QED) is 0.567. The van der Waals surface area contributed by atoms with E-state index in [9.17, 15) is 4.39 Å². The van der Waals surface area contributed by atoms with Crippen molar-refractivity contribution in [1.82, 2.24) is 0 Å². The van der Waals surface area contributed by atoms with Gasteiger partial charge in [0.15, 0.2) is 0 Å². The second-order valence-electron chi connectivity index (χ2n) is 4.21. The van der Waals surface area contributed by atoms with Crippen molar-refractivity contribution in [2.75, 3.05) is 14.2 Å². The largest absolute Gasteiger partial charge is 0.495 e. The molecule has 21 heavy (non-hydrogen) atoms. The SMILES string of the molecule is COc1ccc(C(Br)c2cccc(F)c2Br)c(OC)c1Cl. The molecule has 0 radical (unpaired) electrons. The molecule has 1 atom stereocenters. The average molecular weight is 439 g/mol. The van der Waals surface area contributed by atoms with Gasteiger partial charge in [0.2, 0.25) is 0 Å². The second-order valence-corrected chi connectivity index (χ2v) is 6.30. The highest BCUT2D eigenvalue weighted by Crippen LogP contribution is 2.45. The first-order valence-corrected chi connectivity index (χ1v) is 8.08. The Morgan fingerprint density at radius 3 is 2.43 bits per heavy atom. The molecule has 1 unspecified atom stereocenters. The molecule has 2 nitrogen and oxygen atoms in total. The van der Waals surface area contributed by atoms with E-state index in [-0.39, 0.29) is 10.6 Å². The molecule has 0 aliphatic heterocycles. The van der Waals surface area contributed by atoms with Gasteiger partial charge in [0.25, 0.3) is 0 Å². The first-order chi connectivity index (χ1) is 10.0. The van der Waals surface area contributed by atoms with E-state index in [4.69, 9.17) is 21.1 Å². The fourth-order valence-corrected chi connectivity index (χ4v) is 3.87. The molecule has 0 heterocycles. The van der Waals surface area contributed by atoms with Crippen LogP contribution in [0.15, 0.2) is 34.8 Å². The third kappa shape index (κ3) is 3.20. The zero-order valence-electron chi connectivity index (χ0n) is 11.3. The van der Waals surface area contributed by atoms with Crippen molar-refractivity contribution in [2.24, 2.45) is 0 Å². The van der Waals surface area contributed by atoms with E-state index >= 15 is 0 Å². The van der Waals surface area contributed by atoms with Gasteiger partial charge in [-0.15, -0.1) is 0 Å². The predicted molar refractivity (Wildman–Crippen MR) is 89.4 cm³/mol. The van der Waals surface area contributed by atoms with E-state index in [1.807, 2.05) is 12.1 Å². The Bertz CT molecular complexity index is 664. The van der Waals surface area contributed by atoms with Gasteiger partial charge in [0.05, 0.1) is 23.5 Å². The maximum absolute atomic E-state index is 13.7. The Labute approximate surface area is 144 Å². The number of hydrogen-bond acceptors (Lipinski definition) is 2. The van der Waals surface area contributed by atoms with Crippen LogP contribution in [0, 0.1) is 5.82 Å². The third-order valence-corrected chi connectivity index (χ3v) is 5.22. The van der Waals surface area contributed by atoms with E-state index in [0.717, 1.165) is 11.1 Å². The summed E-state index contributed by atoms with van der Waals surface area (Å²) in [4.78, 5) is -0.277. The van der Waals surface area contributed by atoms with E-state index < -0.39 is 0 Å². The van der Waals surface area contributed by atoms with E-state index in [1.54, 1.807) is 12.1 Å². The molecule has 2 aromatic carbocycles. The van der Waals surface area contributed by atoms with Gasteiger partial charge >= 0.3 is 0 Å².